The monoisotopic (exact) mass is 382 g/mol. The molecule has 142 valence electrons. The molecule has 0 radical (unpaired) electrons. The van der Waals surface area contributed by atoms with Crippen molar-refractivity contribution < 1.29 is 32.4 Å². The molecule has 0 aliphatic heterocycles. The lowest BCUT2D eigenvalue weighted by Crippen LogP contribution is -2.38. The number of nitrogens with one attached hydrogen (secondary N) is 1. The Morgan fingerprint density at radius 1 is 1.11 bits per heavy atom. The molecule has 0 aliphatic carbocycles. The highest BCUT2D eigenvalue weighted by atomic mass is 19.4. The maximum Gasteiger partial charge on any atom is 0.412 e. The van der Waals surface area contributed by atoms with Crippen LogP contribution in [0.25, 0.3) is 0 Å². The molecule has 7 nitrogen and oxygen atoms in total. The molecule has 2 aromatic carbocycles. The number of amides is 1. The molecule has 0 spiro atoms. The SMILES string of the molecule is COC(=O)c1cc(C(=O)NC(c2ccccc2)C(F)(F)F)cc([N+](=O)[O-])c1. The topological polar surface area (TPSA) is 98.5 Å². The Balaban J connectivity index is 2.42. The first-order valence-corrected chi connectivity index (χ1v) is 7.44. The Bertz CT molecular complexity index is 869. The van der Waals surface area contributed by atoms with Gasteiger partial charge in [0.05, 0.1) is 17.6 Å². The Hall–Kier alpha value is -3.43. The number of carbonyl (C=O) groups is 2. The van der Waals surface area contributed by atoms with E-state index in [4.69, 9.17) is 0 Å². The van der Waals surface area contributed by atoms with Crippen LogP contribution < -0.4 is 5.32 Å². The number of nitro benzene ring substituents is 1. The molecule has 1 amide bonds. The molecular weight excluding hydrogens is 369 g/mol. The van der Waals surface area contributed by atoms with E-state index in [0.717, 1.165) is 25.3 Å². The molecule has 0 aromatic heterocycles. The fourth-order valence-corrected chi connectivity index (χ4v) is 2.30. The Labute approximate surface area is 150 Å². The van der Waals surface area contributed by atoms with Crippen molar-refractivity contribution in [2.24, 2.45) is 0 Å². The van der Waals surface area contributed by atoms with Crippen LogP contribution in [0.1, 0.15) is 32.3 Å². The molecule has 0 aliphatic rings. The number of rotatable bonds is 5. The largest absolute Gasteiger partial charge is 0.465 e. The molecule has 1 N–H and O–H groups in total. The summed E-state index contributed by atoms with van der Waals surface area (Å²) in [7, 11) is 1.02. The predicted octanol–water partition coefficient (Wildman–Crippen LogP) is 3.41. The normalized spacial score (nSPS) is 12.1. The van der Waals surface area contributed by atoms with Gasteiger partial charge in [0, 0.05) is 17.7 Å². The van der Waals surface area contributed by atoms with E-state index < -0.39 is 40.3 Å². The summed E-state index contributed by atoms with van der Waals surface area (Å²) in [6, 6.07) is 6.88. The number of hydrogen-bond donors (Lipinski definition) is 1. The summed E-state index contributed by atoms with van der Waals surface area (Å²) in [6.45, 7) is 0. The average molecular weight is 382 g/mol. The van der Waals surface area contributed by atoms with E-state index in [-0.39, 0.29) is 11.1 Å². The summed E-state index contributed by atoms with van der Waals surface area (Å²) < 4.78 is 44.5. The number of benzene rings is 2. The third-order valence-corrected chi connectivity index (χ3v) is 3.55. The summed E-state index contributed by atoms with van der Waals surface area (Å²) in [4.78, 5) is 34.0. The van der Waals surface area contributed by atoms with E-state index in [2.05, 4.69) is 4.74 Å². The van der Waals surface area contributed by atoms with Gasteiger partial charge < -0.3 is 10.1 Å². The number of nitrogens with zero attached hydrogens (tertiary/aromatic N) is 1. The zero-order valence-electron chi connectivity index (χ0n) is 13.8. The molecule has 0 fully saturated rings. The molecule has 27 heavy (non-hydrogen) atoms. The molecule has 0 heterocycles. The highest BCUT2D eigenvalue weighted by Gasteiger charge is 2.42. The van der Waals surface area contributed by atoms with Gasteiger partial charge in [0.25, 0.3) is 11.6 Å². The summed E-state index contributed by atoms with van der Waals surface area (Å²) in [5.41, 5.74) is -1.65. The maximum atomic E-state index is 13.4. The van der Waals surface area contributed by atoms with Crippen LogP contribution in [0.5, 0.6) is 0 Å². The van der Waals surface area contributed by atoms with E-state index in [9.17, 15) is 32.9 Å². The van der Waals surface area contributed by atoms with Crippen LogP contribution in [0.4, 0.5) is 18.9 Å². The van der Waals surface area contributed by atoms with Crippen LogP contribution in [0, 0.1) is 10.1 Å². The second kappa shape index (κ2) is 7.85. The smallest absolute Gasteiger partial charge is 0.412 e. The van der Waals surface area contributed by atoms with E-state index >= 15 is 0 Å². The number of esters is 1. The minimum Gasteiger partial charge on any atom is -0.465 e. The zero-order valence-corrected chi connectivity index (χ0v) is 13.8. The lowest BCUT2D eigenvalue weighted by Gasteiger charge is -2.22. The van der Waals surface area contributed by atoms with Crippen LogP contribution in [0.2, 0.25) is 0 Å². The first kappa shape index (κ1) is 19.9. The Morgan fingerprint density at radius 2 is 1.70 bits per heavy atom. The van der Waals surface area contributed by atoms with Crippen molar-refractivity contribution in [3.8, 4) is 0 Å². The first-order chi connectivity index (χ1) is 12.6. The Morgan fingerprint density at radius 3 is 2.22 bits per heavy atom. The van der Waals surface area contributed by atoms with E-state index in [0.29, 0.717) is 0 Å². The van der Waals surface area contributed by atoms with Crippen molar-refractivity contribution in [2.45, 2.75) is 12.2 Å². The first-order valence-electron chi connectivity index (χ1n) is 7.44. The van der Waals surface area contributed by atoms with E-state index in [1.807, 2.05) is 0 Å². The molecule has 1 unspecified atom stereocenters. The highest BCUT2D eigenvalue weighted by Crippen LogP contribution is 2.33. The molecule has 0 saturated carbocycles. The van der Waals surface area contributed by atoms with Gasteiger partial charge in [0.1, 0.15) is 0 Å². The third-order valence-electron chi connectivity index (χ3n) is 3.55. The van der Waals surface area contributed by atoms with Crippen LogP contribution >= 0.6 is 0 Å². The summed E-state index contributed by atoms with van der Waals surface area (Å²) in [5.74, 6) is -2.20. The minimum absolute atomic E-state index is 0.211. The fraction of sp³-hybridized carbons (Fsp3) is 0.176. The molecule has 0 saturated heterocycles. The third kappa shape index (κ3) is 4.81. The second-order valence-corrected chi connectivity index (χ2v) is 5.38. The number of halogens is 3. The quantitative estimate of drug-likeness (QED) is 0.485. The van der Waals surface area contributed by atoms with Gasteiger partial charge >= 0.3 is 12.1 Å². The lowest BCUT2D eigenvalue weighted by atomic mass is 10.0. The van der Waals surface area contributed by atoms with Crippen molar-refractivity contribution in [3.63, 3.8) is 0 Å². The van der Waals surface area contributed by atoms with Gasteiger partial charge in [0.2, 0.25) is 0 Å². The van der Waals surface area contributed by atoms with Crippen LogP contribution in [0.15, 0.2) is 48.5 Å². The maximum absolute atomic E-state index is 13.4. The summed E-state index contributed by atoms with van der Waals surface area (Å²) in [5, 5.41) is 12.8. The van der Waals surface area contributed by atoms with Crippen molar-refractivity contribution in [1.82, 2.24) is 5.32 Å². The van der Waals surface area contributed by atoms with E-state index in [1.165, 1.54) is 30.3 Å². The number of methoxy groups -OCH3 is 1. The summed E-state index contributed by atoms with van der Waals surface area (Å²) >= 11 is 0. The number of hydrogen-bond acceptors (Lipinski definition) is 5. The van der Waals surface area contributed by atoms with Crippen molar-refractivity contribution in [2.75, 3.05) is 7.11 Å². The van der Waals surface area contributed by atoms with Gasteiger partial charge in [0.15, 0.2) is 6.04 Å². The molecule has 0 bridgehead atoms. The van der Waals surface area contributed by atoms with Gasteiger partial charge in [-0.3, -0.25) is 14.9 Å². The molecule has 2 aromatic rings. The average Bonchev–Trinajstić information content (AvgIpc) is 2.64. The molecule has 2 rings (SSSR count). The van der Waals surface area contributed by atoms with Gasteiger partial charge in [-0.1, -0.05) is 30.3 Å². The number of carbonyl (C=O) groups excluding carboxylic acids is 2. The molecule has 10 heteroatoms. The number of non-ortho nitro benzene ring substituents is 1. The van der Waals surface area contributed by atoms with Crippen LogP contribution in [-0.2, 0) is 4.74 Å². The number of ether oxygens (including phenoxy) is 1. The minimum atomic E-state index is -4.80. The fourth-order valence-electron chi connectivity index (χ4n) is 2.30. The van der Waals surface area contributed by atoms with E-state index in [1.54, 1.807) is 5.32 Å². The van der Waals surface area contributed by atoms with Crippen molar-refractivity contribution in [3.05, 3.63) is 75.3 Å². The van der Waals surface area contributed by atoms with Gasteiger partial charge in [-0.25, -0.2) is 4.79 Å². The number of nitro groups is 1. The lowest BCUT2D eigenvalue weighted by molar-refractivity contribution is -0.384. The van der Waals surface area contributed by atoms with Gasteiger partial charge in [-0.15, -0.1) is 0 Å². The van der Waals surface area contributed by atoms with Gasteiger partial charge in [-0.05, 0) is 11.6 Å². The van der Waals surface area contributed by atoms with Crippen LogP contribution in [0.3, 0.4) is 0 Å². The number of alkyl halides is 3. The van der Waals surface area contributed by atoms with Crippen LogP contribution in [-0.4, -0.2) is 30.1 Å². The zero-order chi connectivity index (χ0) is 20.2. The second-order valence-electron chi connectivity index (χ2n) is 5.38. The van der Waals surface area contributed by atoms with Crippen molar-refractivity contribution >= 4 is 17.6 Å². The molecule has 1 atom stereocenters. The Kier molecular flexibility index (Phi) is 5.78. The standard InChI is InChI=1S/C17H13F3N2O5/c1-27-16(24)12-7-11(8-13(9-12)22(25)26)15(23)21-14(17(18,19)20)10-5-3-2-4-6-10/h2-9,14H,1H3,(H,21,23). The summed E-state index contributed by atoms with van der Waals surface area (Å²) in [6.07, 6.45) is -4.80. The van der Waals surface area contributed by atoms with Gasteiger partial charge in [-0.2, -0.15) is 13.2 Å². The van der Waals surface area contributed by atoms with Crippen molar-refractivity contribution in [1.29, 1.82) is 0 Å². The highest BCUT2D eigenvalue weighted by molar-refractivity contribution is 5.99. The molecular formula is C17H13F3N2O5. The predicted molar refractivity (Wildman–Crippen MR) is 87.1 cm³/mol.